The summed E-state index contributed by atoms with van der Waals surface area (Å²) in [6, 6.07) is 10.3. The first-order chi connectivity index (χ1) is 8.67. The van der Waals surface area contributed by atoms with Crippen LogP contribution in [0.5, 0.6) is 0 Å². The normalized spacial score (nSPS) is 12.2. The predicted molar refractivity (Wildman–Crippen MR) is 73.1 cm³/mol. The molecule has 1 aromatic carbocycles. The number of hydrogen-bond donors (Lipinski definition) is 0. The van der Waals surface area contributed by atoms with E-state index in [2.05, 4.69) is 23.6 Å². The van der Waals surface area contributed by atoms with Crippen LogP contribution in [0, 0.1) is 0 Å². The molecular weight excluding hydrogens is 226 g/mol. The van der Waals surface area contributed by atoms with Crippen LogP contribution in [0.3, 0.4) is 0 Å². The lowest BCUT2D eigenvalue weighted by Gasteiger charge is -2.27. The van der Waals surface area contributed by atoms with Crippen molar-refractivity contribution in [3.05, 3.63) is 48.6 Å². The molecule has 0 heterocycles. The summed E-state index contributed by atoms with van der Waals surface area (Å²) in [5, 5.41) is 0. The molecule has 0 amide bonds. The van der Waals surface area contributed by atoms with Gasteiger partial charge in [0.1, 0.15) is 0 Å². The number of nitrogens with zero attached hydrogens (tertiary/aromatic N) is 1. The molecule has 18 heavy (non-hydrogen) atoms. The van der Waals surface area contributed by atoms with Crippen molar-refractivity contribution in [2.75, 3.05) is 13.7 Å². The fraction of sp³-hybridized carbons (Fsp3) is 0.400. The highest BCUT2D eigenvalue weighted by atomic mass is 16.5. The third-order valence-corrected chi connectivity index (χ3v) is 2.91. The first-order valence-corrected chi connectivity index (χ1v) is 6.13. The van der Waals surface area contributed by atoms with Gasteiger partial charge in [0.15, 0.2) is 0 Å². The van der Waals surface area contributed by atoms with Gasteiger partial charge in [-0.25, -0.2) is 0 Å². The lowest BCUT2D eigenvalue weighted by atomic mass is 10.1. The summed E-state index contributed by atoms with van der Waals surface area (Å²) in [4.78, 5) is 13.5. The van der Waals surface area contributed by atoms with Crippen LogP contribution in [0.15, 0.2) is 43.0 Å². The maximum atomic E-state index is 11.3. The Balaban J connectivity index is 2.64. The van der Waals surface area contributed by atoms with Crippen molar-refractivity contribution >= 4 is 5.97 Å². The predicted octanol–water partition coefficient (Wildman–Crippen LogP) is 2.63. The van der Waals surface area contributed by atoms with E-state index in [0.717, 1.165) is 13.1 Å². The summed E-state index contributed by atoms with van der Waals surface area (Å²) in [5.41, 5.74) is 1.23. The van der Waals surface area contributed by atoms with Gasteiger partial charge in [0.05, 0.1) is 13.5 Å². The van der Waals surface area contributed by atoms with Crippen molar-refractivity contribution in [2.45, 2.75) is 25.9 Å². The van der Waals surface area contributed by atoms with Gasteiger partial charge < -0.3 is 4.74 Å². The second-order valence-corrected chi connectivity index (χ2v) is 4.33. The summed E-state index contributed by atoms with van der Waals surface area (Å²) in [7, 11) is 1.42. The number of hydrogen-bond acceptors (Lipinski definition) is 3. The summed E-state index contributed by atoms with van der Waals surface area (Å²) in [5.74, 6) is -0.176. The molecule has 0 aromatic heterocycles. The third-order valence-electron chi connectivity index (χ3n) is 2.91. The molecule has 0 fully saturated rings. The van der Waals surface area contributed by atoms with E-state index in [0.29, 0.717) is 6.42 Å². The van der Waals surface area contributed by atoms with Crippen LogP contribution in [-0.4, -0.2) is 30.6 Å². The van der Waals surface area contributed by atoms with Crippen molar-refractivity contribution in [1.29, 1.82) is 0 Å². The van der Waals surface area contributed by atoms with Crippen molar-refractivity contribution in [3.63, 3.8) is 0 Å². The number of benzene rings is 1. The Hall–Kier alpha value is -1.61. The molecule has 0 aliphatic carbocycles. The zero-order valence-corrected chi connectivity index (χ0v) is 11.1. The van der Waals surface area contributed by atoms with Crippen molar-refractivity contribution in [2.24, 2.45) is 0 Å². The molecule has 0 spiro atoms. The molecule has 0 N–H and O–H groups in total. The van der Waals surface area contributed by atoms with Crippen molar-refractivity contribution < 1.29 is 9.53 Å². The minimum absolute atomic E-state index is 0.135. The Bertz CT molecular complexity index is 375. The van der Waals surface area contributed by atoms with E-state index < -0.39 is 0 Å². The number of rotatable bonds is 7. The molecule has 1 rings (SSSR count). The molecule has 1 aromatic rings. The Labute approximate surface area is 109 Å². The fourth-order valence-electron chi connectivity index (χ4n) is 1.84. The monoisotopic (exact) mass is 247 g/mol. The Morgan fingerprint density at radius 2 is 2.11 bits per heavy atom. The van der Waals surface area contributed by atoms with Gasteiger partial charge in [-0.15, -0.1) is 6.58 Å². The Kier molecular flexibility index (Phi) is 6.15. The van der Waals surface area contributed by atoms with Gasteiger partial charge in [0.2, 0.25) is 0 Å². The zero-order chi connectivity index (χ0) is 13.4. The summed E-state index contributed by atoms with van der Waals surface area (Å²) >= 11 is 0. The number of methoxy groups -OCH3 is 1. The molecule has 1 atom stereocenters. The lowest BCUT2D eigenvalue weighted by Crippen LogP contribution is -2.34. The molecule has 0 aliphatic heterocycles. The maximum absolute atomic E-state index is 11.3. The molecule has 1 unspecified atom stereocenters. The Morgan fingerprint density at radius 1 is 1.44 bits per heavy atom. The van der Waals surface area contributed by atoms with Crippen LogP contribution >= 0.6 is 0 Å². The molecule has 98 valence electrons. The second-order valence-electron chi connectivity index (χ2n) is 4.33. The molecule has 3 nitrogen and oxygen atoms in total. The lowest BCUT2D eigenvalue weighted by molar-refractivity contribution is -0.141. The molecular formula is C15H21NO2. The minimum atomic E-state index is -0.176. The van der Waals surface area contributed by atoms with Crippen molar-refractivity contribution in [3.8, 4) is 0 Å². The first kappa shape index (κ1) is 14.5. The molecule has 3 heteroatoms. The summed E-state index contributed by atoms with van der Waals surface area (Å²) in [6.07, 6.45) is 2.26. The standard InChI is InChI=1S/C15H21NO2/c1-4-10-16(13(2)11-15(17)18-3)12-14-8-6-5-7-9-14/h4-9,13H,1,10-12H2,2-3H3. The van der Waals surface area contributed by atoms with Gasteiger partial charge in [-0.3, -0.25) is 9.69 Å². The van der Waals surface area contributed by atoms with Crippen LogP contribution in [0.2, 0.25) is 0 Å². The topological polar surface area (TPSA) is 29.5 Å². The average Bonchev–Trinajstić information content (AvgIpc) is 2.39. The van der Waals surface area contributed by atoms with Gasteiger partial charge in [-0.1, -0.05) is 36.4 Å². The number of esters is 1. The van der Waals surface area contributed by atoms with E-state index in [1.165, 1.54) is 12.7 Å². The van der Waals surface area contributed by atoms with E-state index >= 15 is 0 Å². The largest absolute Gasteiger partial charge is 0.469 e. The van der Waals surface area contributed by atoms with Gasteiger partial charge in [-0.2, -0.15) is 0 Å². The highest BCUT2D eigenvalue weighted by molar-refractivity contribution is 5.69. The molecule has 0 radical (unpaired) electrons. The zero-order valence-electron chi connectivity index (χ0n) is 11.1. The molecule has 0 saturated heterocycles. The highest BCUT2D eigenvalue weighted by Crippen LogP contribution is 2.11. The van der Waals surface area contributed by atoms with E-state index in [1.807, 2.05) is 31.2 Å². The number of carbonyl (C=O) groups is 1. The van der Waals surface area contributed by atoms with Crippen LogP contribution in [0.1, 0.15) is 18.9 Å². The SMILES string of the molecule is C=CCN(Cc1ccccc1)C(C)CC(=O)OC. The molecule has 0 aliphatic rings. The summed E-state index contributed by atoms with van der Waals surface area (Å²) in [6.45, 7) is 7.36. The van der Waals surface area contributed by atoms with E-state index in [9.17, 15) is 4.79 Å². The quantitative estimate of drug-likeness (QED) is 0.548. The van der Waals surface area contributed by atoms with Crippen LogP contribution in [-0.2, 0) is 16.1 Å². The fourth-order valence-corrected chi connectivity index (χ4v) is 1.84. The highest BCUT2D eigenvalue weighted by Gasteiger charge is 2.16. The summed E-state index contributed by atoms with van der Waals surface area (Å²) < 4.78 is 4.71. The van der Waals surface area contributed by atoms with Gasteiger partial charge >= 0.3 is 5.97 Å². The smallest absolute Gasteiger partial charge is 0.307 e. The van der Waals surface area contributed by atoms with E-state index in [4.69, 9.17) is 4.74 Å². The second kappa shape index (κ2) is 7.67. The average molecular weight is 247 g/mol. The third kappa shape index (κ3) is 4.72. The molecule has 0 bridgehead atoms. The van der Waals surface area contributed by atoms with Crippen molar-refractivity contribution in [1.82, 2.24) is 4.90 Å². The van der Waals surface area contributed by atoms with E-state index in [-0.39, 0.29) is 12.0 Å². The van der Waals surface area contributed by atoms with Gasteiger partial charge in [0.25, 0.3) is 0 Å². The van der Waals surface area contributed by atoms with E-state index in [1.54, 1.807) is 0 Å². The number of carbonyl (C=O) groups excluding carboxylic acids is 1. The van der Waals surface area contributed by atoms with Gasteiger partial charge in [0, 0.05) is 19.1 Å². The number of ether oxygens (including phenoxy) is 1. The minimum Gasteiger partial charge on any atom is -0.469 e. The van der Waals surface area contributed by atoms with Crippen LogP contribution < -0.4 is 0 Å². The Morgan fingerprint density at radius 3 is 2.67 bits per heavy atom. The molecule has 0 saturated carbocycles. The van der Waals surface area contributed by atoms with Crippen LogP contribution in [0.4, 0.5) is 0 Å². The van der Waals surface area contributed by atoms with Gasteiger partial charge in [-0.05, 0) is 12.5 Å². The maximum Gasteiger partial charge on any atom is 0.307 e. The van der Waals surface area contributed by atoms with Crippen LogP contribution in [0.25, 0.3) is 0 Å². The first-order valence-electron chi connectivity index (χ1n) is 6.13.